The maximum absolute atomic E-state index is 6.02. The third-order valence-corrected chi connectivity index (χ3v) is 4.05. The minimum atomic E-state index is 0. The molecule has 0 aliphatic rings. The third-order valence-electron chi connectivity index (χ3n) is 4.05. The van der Waals surface area contributed by atoms with Crippen LogP contribution in [-0.2, 0) is 13.0 Å². The van der Waals surface area contributed by atoms with Crippen molar-refractivity contribution >= 4 is 24.8 Å². The van der Waals surface area contributed by atoms with E-state index in [2.05, 4.69) is 72.2 Å². The van der Waals surface area contributed by atoms with Crippen molar-refractivity contribution in [1.29, 1.82) is 0 Å². The molecule has 3 nitrogen and oxygen atoms in total. The Balaban J connectivity index is 0.00000312. The second-order valence-corrected chi connectivity index (χ2v) is 6.23. The van der Waals surface area contributed by atoms with Crippen molar-refractivity contribution in [2.45, 2.75) is 38.8 Å². The molecule has 1 unspecified atom stereocenters. The molecule has 0 fully saturated rings. The van der Waals surface area contributed by atoms with E-state index < -0.39 is 0 Å². The fourth-order valence-corrected chi connectivity index (χ4v) is 2.61. The van der Waals surface area contributed by atoms with E-state index >= 15 is 0 Å². The fourth-order valence-electron chi connectivity index (χ4n) is 2.61. The van der Waals surface area contributed by atoms with Crippen LogP contribution < -0.4 is 15.4 Å². The molecule has 0 bridgehead atoms. The second kappa shape index (κ2) is 14.9. The van der Waals surface area contributed by atoms with Crippen LogP contribution in [0.1, 0.15) is 30.9 Å². The third kappa shape index (κ3) is 10.0. The Bertz CT molecular complexity index is 564. The molecular formula is C21H32Cl2N2O. The Morgan fingerprint density at radius 2 is 1.58 bits per heavy atom. The summed E-state index contributed by atoms with van der Waals surface area (Å²) in [5.74, 6) is 0.953. The van der Waals surface area contributed by atoms with Crippen molar-refractivity contribution in [2.75, 3.05) is 20.1 Å². The molecule has 0 aliphatic carbocycles. The van der Waals surface area contributed by atoms with Gasteiger partial charge in [-0.3, -0.25) is 0 Å². The maximum atomic E-state index is 6.02. The lowest BCUT2D eigenvalue weighted by molar-refractivity contribution is 0.211. The van der Waals surface area contributed by atoms with Gasteiger partial charge in [0.15, 0.2) is 0 Å². The number of rotatable bonds is 11. The van der Waals surface area contributed by atoms with E-state index in [4.69, 9.17) is 4.74 Å². The summed E-state index contributed by atoms with van der Waals surface area (Å²) >= 11 is 0. The van der Waals surface area contributed by atoms with Gasteiger partial charge in [0.2, 0.25) is 0 Å². The van der Waals surface area contributed by atoms with Gasteiger partial charge in [0.25, 0.3) is 0 Å². The van der Waals surface area contributed by atoms with Gasteiger partial charge in [-0.25, -0.2) is 0 Å². The molecule has 1 atom stereocenters. The van der Waals surface area contributed by atoms with Crippen molar-refractivity contribution in [3.63, 3.8) is 0 Å². The number of hydrogen-bond acceptors (Lipinski definition) is 3. The standard InChI is InChI=1S/C21H30N2O.2ClH/c1-18(9-10-19-7-4-3-5-8-19)24-21-13-11-20(12-14-21)17-23-16-6-15-22-2;;/h3-5,7-8,11-14,18,22-23H,6,9-10,15-17H2,1-2H3;2*1H. The minimum absolute atomic E-state index is 0. The van der Waals surface area contributed by atoms with Gasteiger partial charge in [-0.1, -0.05) is 42.5 Å². The molecule has 2 N–H and O–H groups in total. The van der Waals surface area contributed by atoms with E-state index in [0.29, 0.717) is 0 Å². The van der Waals surface area contributed by atoms with Gasteiger partial charge in [-0.15, -0.1) is 24.8 Å². The van der Waals surface area contributed by atoms with Crippen molar-refractivity contribution < 1.29 is 4.74 Å². The number of ether oxygens (including phenoxy) is 1. The van der Waals surface area contributed by atoms with Crippen LogP contribution in [-0.4, -0.2) is 26.2 Å². The Hall–Kier alpha value is -1.26. The summed E-state index contributed by atoms with van der Waals surface area (Å²) in [6.45, 7) is 5.14. The van der Waals surface area contributed by atoms with E-state index in [9.17, 15) is 0 Å². The van der Waals surface area contributed by atoms with Crippen molar-refractivity contribution in [3.05, 3.63) is 65.7 Å². The average molecular weight is 399 g/mol. The molecule has 2 rings (SSSR count). The molecule has 2 aromatic carbocycles. The Kier molecular flexibility index (Phi) is 14.1. The molecule has 0 radical (unpaired) electrons. The highest BCUT2D eigenvalue weighted by Crippen LogP contribution is 2.16. The van der Waals surface area contributed by atoms with Crippen LogP contribution in [0.3, 0.4) is 0 Å². The van der Waals surface area contributed by atoms with Gasteiger partial charge in [0.05, 0.1) is 6.10 Å². The summed E-state index contributed by atoms with van der Waals surface area (Å²) in [5.41, 5.74) is 2.66. The molecule has 0 amide bonds. The average Bonchev–Trinajstić information content (AvgIpc) is 2.62. The molecule has 5 heteroatoms. The van der Waals surface area contributed by atoms with Crippen molar-refractivity contribution in [2.24, 2.45) is 0 Å². The normalized spacial score (nSPS) is 11.2. The van der Waals surface area contributed by atoms with Crippen LogP contribution in [0.2, 0.25) is 0 Å². The summed E-state index contributed by atoms with van der Waals surface area (Å²) in [6, 6.07) is 19.0. The zero-order valence-electron chi connectivity index (χ0n) is 15.7. The van der Waals surface area contributed by atoms with E-state index in [1.807, 2.05) is 7.05 Å². The topological polar surface area (TPSA) is 33.3 Å². The second-order valence-electron chi connectivity index (χ2n) is 6.23. The number of hydrogen-bond donors (Lipinski definition) is 2. The minimum Gasteiger partial charge on any atom is -0.491 e. The lowest BCUT2D eigenvalue weighted by atomic mass is 10.1. The quantitative estimate of drug-likeness (QED) is 0.541. The molecule has 2 aromatic rings. The summed E-state index contributed by atoms with van der Waals surface area (Å²) < 4.78 is 6.02. The Morgan fingerprint density at radius 3 is 2.23 bits per heavy atom. The van der Waals surface area contributed by atoms with Crippen molar-refractivity contribution in [1.82, 2.24) is 10.6 Å². The molecule has 0 saturated carbocycles. The number of halogens is 2. The summed E-state index contributed by atoms with van der Waals surface area (Å²) in [6.07, 6.45) is 3.45. The lowest BCUT2D eigenvalue weighted by Crippen LogP contribution is -2.19. The number of nitrogens with one attached hydrogen (secondary N) is 2. The first-order valence-electron chi connectivity index (χ1n) is 8.93. The van der Waals surface area contributed by atoms with Crippen LogP contribution in [0.15, 0.2) is 54.6 Å². The van der Waals surface area contributed by atoms with E-state index in [1.54, 1.807) is 0 Å². The first-order chi connectivity index (χ1) is 11.8. The fraction of sp³-hybridized carbons (Fsp3) is 0.429. The number of aryl methyl sites for hydroxylation is 1. The van der Waals surface area contributed by atoms with Gasteiger partial charge < -0.3 is 15.4 Å². The van der Waals surface area contributed by atoms with Crippen molar-refractivity contribution in [3.8, 4) is 5.75 Å². The Labute approximate surface area is 170 Å². The van der Waals surface area contributed by atoms with Crippen LogP contribution in [0.25, 0.3) is 0 Å². The first-order valence-corrected chi connectivity index (χ1v) is 8.93. The van der Waals surface area contributed by atoms with Crippen LogP contribution in [0.5, 0.6) is 5.75 Å². The predicted octanol–water partition coefficient (Wildman–Crippen LogP) is 4.63. The molecule has 0 aromatic heterocycles. The molecule has 0 saturated heterocycles. The molecule has 0 heterocycles. The van der Waals surface area contributed by atoms with Crippen LogP contribution >= 0.6 is 24.8 Å². The SMILES string of the molecule is CNCCCNCc1ccc(OC(C)CCc2ccccc2)cc1.Cl.Cl. The Morgan fingerprint density at radius 1 is 0.885 bits per heavy atom. The molecular weight excluding hydrogens is 367 g/mol. The maximum Gasteiger partial charge on any atom is 0.119 e. The van der Waals surface area contributed by atoms with E-state index in [1.165, 1.54) is 11.1 Å². The van der Waals surface area contributed by atoms with E-state index in [0.717, 1.165) is 44.6 Å². The van der Waals surface area contributed by atoms with Gasteiger partial charge in [0, 0.05) is 6.54 Å². The van der Waals surface area contributed by atoms with Gasteiger partial charge >= 0.3 is 0 Å². The zero-order valence-corrected chi connectivity index (χ0v) is 17.4. The van der Waals surface area contributed by atoms with Crippen LogP contribution in [0.4, 0.5) is 0 Å². The van der Waals surface area contributed by atoms with E-state index in [-0.39, 0.29) is 30.9 Å². The monoisotopic (exact) mass is 398 g/mol. The van der Waals surface area contributed by atoms with Gasteiger partial charge in [0.1, 0.15) is 5.75 Å². The smallest absolute Gasteiger partial charge is 0.119 e. The first kappa shape index (κ1) is 24.7. The summed E-state index contributed by atoms with van der Waals surface area (Å²) in [7, 11) is 1.99. The lowest BCUT2D eigenvalue weighted by Gasteiger charge is -2.15. The van der Waals surface area contributed by atoms with Gasteiger partial charge in [-0.2, -0.15) is 0 Å². The molecule has 0 spiro atoms. The highest BCUT2D eigenvalue weighted by molar-refractivity contribution is 5.85. The summed E-state index contributed by atoms with van der Waals surface area (Å²) in [4.78, 5) is 0. The molecule has 146 valence electrons. The molecule has 26 heavy (non-hydrogen) atoms. The highest BCUT2D eigenvalue weighted by atomic mass is 35.5. The molecule has 0 aliphatic heterocycles. The summed E-state index contributed by atoms with van der Waals surface area (Å²) in [5, 5.41) is 6.61. The largest absolute Gasteiger partial charge is 0.491 e. The van der Waals surface area contributed by atoms with Gasteiger partial charge in [-0.05, 0) is 69.6 Å². The number of benzene rings is 2. The van der Waals surface area contributed by atoms with Crippen LogP contribution in [0, 0.1) is 0 Å². The highest BCUT2D eigenvalue weighted by Gasteiger charge is 2.05. The zero-order chi connectivity index (χ0) is 17.0. The predicted molar refractivity (Wildman–Crippen MR) is 116 cm³/mol.